The molecule has 1 aromatic carbocycles. The van der Waals surface area contributed by atoms with E-state index in [0.717, 1.165) is 28.5 Å². The van der Waals surface area contributed by atoms with E-state index in [0.29, 0.717) is 16.7 Å². The summed E-state index contributed by atoms with van der Waals surface area (Å²) in [7, 11) is 0. The molecule has 0 unspecified atom stereocenters. The van der Waals surface area contributed by atoms with Crippen LogP contribution >= 0.6 is 11.8 Å². The number of benzene rings is 1. The number of carboxylic acids is 1. The summed E-state index contributed by atoms with van der Waals surface area (Å²) >= 11 is 1.07. The summed E-state index contributed by atoms with van der Waals surface area (Å²) in [5, 5.41) is 22.1. The van der Waals surface area contributed by atoms with Crippen LogP contribution in [0.5, 0.6) is 0 Å². The number of hydrogen-bond acceptors (Lipinski definition) is 6. The van der Waals surface area contributed by atoms with E-state index in [9.17, 15) is 4.79 Å². The van der Waals surface area contributed by atoms with Gasteiger partial charge in [0.25, 0.3) is 0 Å². The Labute approximate surface area is 154 Å². The van der Waals surface area contributed by atoms with Crippen LogP contribution in [-0.4, -0.2) is 37.9 Å². The highest BCUT2D eigenvalue weighted by molar-refractivity contribution is 7.99. The van der Waals surface area contributed by atoms with Crippen molar-refractivity contribution in [1.29, 1.82) is 0 Å². The van der Waals surface area contributed by atoms with E-state index in [1.807, 2.05) is 32.9 Å². The van der Waals surface area contributed by atoms with Crippen molar-refractivity contribution in [3.05, 3.63) is 53.0 Å². The number of aromatic nitrogens is 3. The molecule has 0 aliphatic carbocycles. The maximum absolute atomic E-state index is 10.9. The largest absolute Gasteiger partial charge is 0.481 e. The van der Waals surface area contributed by atoms with Crippen LogP contribution in [0.25, 0.3) is 11.4 Å². The molecule has 2 aromatic heterocycles. The maximum atomic E-state index is 10.9. The summed E-state index contributed by atoms with van der Waals surface area (Å²) in [6, 6.07) is 7.87. The molecule has 0 atom stereocenters. The first-order valence-corrected chi connectivity index (χ1v) is 8.90. The van der Waals surface area contributed by atoms with Crippen molar-refractivity contribution in [2.75, 3.05) is 5.75 Å². The van der Waals surface area contributed by atoms with Gasteiger partial charge in [0.05, 0.1) is 23.8 Å². The van der Waals surface area contributed by atoms with Gasteiger partial charge in [-0.25, -0.2) is 0 Å². The highest BCUT2D eigenvalue weighted by atomic mass is 32.2. The molecular weight excluding hydrogens is 352 g/mol. The summed E-state index contributed by atoms with van der Waals surface area (Å²) in [4.78, 5) is 10.9. The van der Waals surface area contributed by atoms with Gasteiger partial charge in [0.1, 0.15) is 5.76 Å². The first-order chi connectivity index (χ1) is 12.5. The second-order valence-electron chi connectivity index (χ2n) is 5.80. The molecule has 7 nitrogen and oxygen atoms in total. The average molecular weight is 370 g/mol. The number of carboxylic acid groups (broad SMARTS) is 1. The fourth-order valence-electron chi connectivity index (χ4n) is 2.46. The van der Waals surface area contributed by atoms with Gasteiger partial charge < -0.3 is 9.52 Å². The van der Waals surface area contributed by atoms with Crippen LogP contribution in [0.2, 0.25) is 0 Å². The van der Waals surface area contributed by atoms with Gasteiger partial charge in [-0.2, -0.15) is 9.78 Å². The third-order valence-electron chi connectivity index (χ3n) is 3.77. The molecule has 0 saturated heterocycles. The minimum atomic E-state index is -0.927. The molecule has 3 aromatic rings. The number of thioether (sulfide) groups is 1. The van der Waals surface area contributed by atoms with Gasteiger partial charge in [0.15, 0.2) is 5.82 Å². The lowest BCUT2D eigenvalue weighted by atomic mass is 10.1. The van der Waals surface area contributed by atoms with Gasteiger partial charge in [-0.05, 0) is 38.0 Å². The molecule has 0 fully saturated rings. The minimum Gasteiger partial charge on any atom is -0.481 e. The van der Waals surface area contributed by atoms with Crippen LogP contribution in [0.3, 0.4) is 0 Å². The lowest BCUT2D eigenvalue weighted by Crippen LogP contribution is -2.02. The molecule has 0 aliphatic heterocycles. The molecule has 0 radical (unpaired) electrons. The van der Waals surface area contributed by atoms with Crippen molar-refractivity contribution in [1.82, 2.24) is 14.9 Å². The third kappa shape index (κ3) is 3.85. The van der Waals surface area contributed by atoms with E-state index < -0.39 is 5.97 Å². The Morgan fingerprint density at radius 3 is 2.77 bits per heavy atom. The standard InChI is InChI=1S/C18H18N4O3S/c1-11-4-5-14(12(2)8-11)9-19-22-17(15-6-7-25-13(15)3)20-21-18(22)26-10-16(23)24/h4-9H,10H2,1-3H3,(H,23,24)/b19-9-. The zero-order valence-corrected chi connectivity index (χ0v) is 15.4. The number of furan rings is 1. The fraction of sp³-hybridized carbons (Fsp3) is 0.222. The second kappa shape index (κ2) is 7.57. The molecule has 8 heteroatoms. The van der Waals surface area contributed by atoms with Crippen molar-refractivity contribution in [2.45, 2.75) is 25.9 Å². The lowest BCUT2D eigenvalue weighted by molar-refractivity contribution is -0.133. The minimum absolute atomic E-state index is 0.123. The van der Waals surface area contributed by atoms with Gasteiger partial charge >= 0.3 is 5.97 Å². The van der Waals surface area contributed by atoms with E-state index in [-0.39, 0.29) is 5.75 Å². The topological polar surface area (TPSA) is 93.5 Å². The molecule has 1 N–H and O–H groups in total. The molecule has 0 amide bonds. The number of rotatable bonds is 6. The van der Waals surface area contributed by atoms with Crippen molar-refractivity contribution < 1.29 is 14.3 Å². The van der Waals surface area contributed by atoms with Crippen LogP contribution in [0.4, 0.5) is 0 Å². The summed E-state index contributed by atoms with van der Waals surface area (Å²) in [6.07, 6.45) is 3.30. The van der Waals surface area contributed by atoms with Gasteiger partial charge in [0.2, 0.25) is 5.16 Å². The quantitative estimate of drug-likeness (QED) is 0.527. The Balaban J connectivity index is 2.01. The Morgan fingerprint density at radius 2 is 2.12 bits per heavy atom. The van der Waals surface area contributed by atoms with Crippen LogP contribution in [0, 0.1) is 20.8 Å². The van der Waals surface area contributed by atoms with Gasteiger partial charge in [-0.15, -0.1) is 10.2 Å². The van der Waals surface area contributed by atoms with E-state index in [4.69, 9.17) is 9.52 Å². The average Bonchev–Trinajstić information content (AvgIpc) is 3.17. The predicted octanol–water partition coefficient (Wildman–Crippen LogP) is 3.52. The van der Waals surface area contributed by atoms with Gasteiger partial charge in [-0.1, -0.05) is 35.5 Å². The van der Waals surface area contributed by atoms with Crippen LogP contribution in [0.1, 0.15) is 22.5 Å². The molecule has 3 rings (SSSR count). The van der Waals surface area contributed by atoms with E-state index in [2.05, 4.69) is 21.4 Å². The highest BCUT2D eigenvalue weighted by Gasteiger charge is 2.18. The molecule has 0 saturated carbocycles. The smallest absolute Gasteiger partial charge is 0.313 e. The first-order valence-electron chi connectivity index (χ1n) is 7.92. The molecule has 2 heterocycles. The number of aliphatic carboxylic acids is 1. The third-order valence-corrected chi connectivity index (χ3v) is 4.68. The normalized spacial score (nSPS) is 11.3. The van der Waals surface area contributed by atoms with Crippen molar-refractivity contribution >= 4 is 23.9 Å². The SMILES string of the molecule is Cc1ccc(/C=N\n2c(SCC(=O)O)nnc2-c2ccoc2C)c(C)c1. The zero-order chi connectivity index (χ0) is 18.7. The summed E-state index contributed by atoms with van der Waals surface area (Å²) in [5.41, 5.74) is 4.00. The van der Waals surface area contributed by atoms with Crippen molar-refractivity contribution in [2.24, 2.45) is 5.10 Å². The monoisotopic (exact) mass is 370 g/mol. The Kier molecular flexibility index (Phi) is 5.22. The maximum Gasteiger partial charge on any atom is 0.313 e. The Bertz CT molecular complexity index is 975. The van der Waals surface area contributed by atoms with Gasteiger partial charge in [0, 0.05) is 0 Å². The molecular formula is C18H18N4O3S. The van der Waals surface area contributed by atoms with Crippen molar-refractivity contribution in [3.63, 3.8) is 0 Å². The Hall–Kier alpha value is -2.87. The first kappa shape index (κ1) is 17.9. The number of aryl methyl sites for hydroxylation is 3. The summed E-state index contributed by atoms with van der Waals surface area (Å²) in [6.45, 7) is 5.88. The molecule has 0 spiro atoms. The fourth-order valence-corrected chi connectivity index (χ4v) is 3.07. The molecule has 26 heavy (non-hydrogen) atoms. The second-order valence-corrected chi connectivity index (χ2v) is 6.74. The zero-order valence-electron chi connectivity index (χ0n) is 14.6. The Morgan fingerprint density at radius 1 is 1.31 bits per heavy atom. The van der Waals surface area contributed by atoms with E-state index in [1.165, 1.54) is 5.56 Å². The van der Waals surface area contributed by atoms with Crippen LogP contribution in [-0.2, 0) is 4.79 Å². The summed E-state index contributed by atoms with van der Waals surface area (Å²) < 4.78 is 6.89. The molecule has 0 aliphatic rings. The lowest BCUT2D eigenvalue weighted by Gasteiger charge is -2.04. The predicted molar refractivity (Wildman–Crippen MR) is 99.7 cm³/mol. The van der Waals surface area contributed by atoms with E-state index >= 15 is 0 Å². The number of nitrogens with zero attached hydrogens (tertiary/aromatic N) is 4. The highest BCUT2D eigenvalue weighted by Crippen LogP contribution is 2.27. The molecule has 0 bridgehead atoms. The van der Waals surface area contributed by atoms with Gasteiger partial charge in [-0.3, -0.25) is 4.79 Å². The molecule has 134 valence electrons. The van der Waals surface area contributed by atoms with Crippen molar-refractivity contribution in [3.8, 4) is 11.4 Å². The van der Waals surface area contributed by atoms with Crippen LogP contribution in [0.15, 0.2) is 45.2 Å². The summed E-state index contributed by atoms with van der Waals surface area (Å²) in [5.74, 6) is 0.144. The van der Waals surface area contributed by atoms with Crippen LogP contribution < -0.4 is 0 Å². The number of carbonyl (C=O) groups is 1. The van der Waals surface area contributed by atoms with E-state index in [1.54, 1.807) is 23.2 Å². The number of hydrogen-bond donors (Lipinski definition) is 1.